The van der Waals surface area contributed by atoms with Crippen LogP contribution < -0.4 is 5.73 Å². The molecular weight excluding hydrogens is 312 g/mol. The Balaban J connectivity index is 2.11. The van der Waals surface area contributed by atoms with Crippen LogP contribution in [0.2, 0.25) is 0 Å². The minimum atomic E-state index is -0.280. The third-order valence-electron chi connectivity index (χ3n) is 3.67. The first kappa shape index (κ1) is 15.4. The van der Waals surface area contributed by atoms with Crippen molar-refractivity contribution in [2.45, 2.75) is 26.7 Å². The zero-order valence-corrected chi connectivity index (χ0v) is 14.3. The molecule has 120 valence electrons. The summed E-state index contributed by atoms with van der Waals surface area (Å²) in [6.45, 7) is 6.03. The van der Waals surface area contributed by atoms with Crippen LogP contribution in [-0.2, 0) is 7.05 Å². The van der Waals surface area contributed by atoms with Crippen LogP contribution >= 0.6 is 11.3 Å². The number of thiophene rings is 1. The average molecular weight is 330 g/mol. The fourth-order valence-electron chi connectivity index (χ4n) is 2.33. The van der Waals surface area contributed by atoms with Crippen molar-refractivity contribution in [1.82, 2.24) is 24.5 Å². The number of nitrogen functional groups attached to an aromatic ring is 1. The van der Waals surface area contributed by atoms with Gasteiger partial charge in [0.05, 0.1) is 10.6 Å². The quantitative estimate of drug-likeness (QED) is 0.796. The molecule has 0 aliphatic heterocycles. The van der Waals surface area contributed by atoms with E-state index in [4.69, 9.17) is 5.73 Å². The summed E-state index contributed by atoms with van der Waals surface area (Å²) in [6, 6.07) is 3.76. The molecule has 0 saturated heterocycles. The lowest BCUT2D eigenvalue weighted by molar-refractivity contribution is 0.0954. The monoisotopic (exact) mass is 330 g/mol. The first-order valence-electron chi connectivity index (χ1n) is 7.24. The van der Waals surface area contributed by atoms with Crippen LogP contribution in [0.4, 0.5) is 5.95 Å². The number of nitrogens with two attached hydrogens (primary N) is 1. The van der Waals surface area contributed by atoms with Crippen molar-refractivity contribution in [2.24, 2.45) is 7.05 Å². The molecule has 3 aromatic heterocycles. The van der Waals surface area contributed by atoms with Gasteiger partial charge < -0.3 is 5.73 Å². The predicted octanol–water partition coefficient (Wildman–Crippen LogP) is 2.44. The summed E-state index contributed by atoms with van der Waals surface area (Å²) >= 11 is 1.50. The average Bonchev–Trinajstić information content (AvgIpc) is 3.17. The summed E-state index contributed by atoms with van der Waals surface area (Å²) in [6.07, 6.45) is 0. The van der Waals surface area contributed by atoms with Gasteiger partial charge in [-0.15, -0.1) is 21.5 Å². The molecule has 0 radical (unpaired) electrons. The van der Waals surface area contributed by atoms with E-state index in [1.54, 1.807) is 17.8 Å². The van der Waals surface area contributed by atoms with Crippen molar-refractivity contribution in [3.05, 3.63) is 34.5 Å². The number of carbonyl (C=O) groups is 1. The minimum Gasteiger partial charge on any atom is -0.367 e. The van der Waals surface area contributed by atoms with Crippen LogP contribution in [0.1, 0.15) is 41.5 Å². The minimum absolute atomic E-state index is 0.0742. The Morgan fingerprint density at radius 3 is 2.65 bits per heavy atom. The van der Waals surface area contributed by atoms with Crippen molar-refractivity contribution < 1.29 is 4.79 Å². The van der Waals surface area contributed by atoms with Crippen molar-refractivity contribution >= 4 is 23.2 Å². The Kier molecular flexibility index (Phi) is 3.77. The van der Waals surface area contributed by atoms with Crippen LogP contribution in [0.25, 0.3) is 10.7 Å². The van der Waals surface area contributed by atoms with E-state index >= 15 is 0 Å². The molecule has 0 saturated carbocycles. The lowest BCUT2D eigenvalue weighted by Gasteiger charge is -2.06. The number of hydrogen-bond donors (Lipinski definition) is 1. The Labute approximate surface area is 137 Å². The molecule has 0 aliphatic carbocycles. The van der Waals surface area contributed by atoms with E-state index in [2.05, 4.69) is 15.3 Å². The molecular formula is C15H18N6OS. The van der Waals surface area contributed by atoms with Crippen molar-refractivity contribution in [2.75, 3.05) is 5.73 Å². The van der Waals surface area contributed by atoms with Gasteiger partial charge in [-0.25, -0.2) is 4.57 Å². The van der Waals surface area contributed by atoms with Gasteiger partial charge in [0.25, 0.3) is 5.91 Å². The van der Waals surface area contributed by atoms with Crippen LogP contribution in [0, 0.1) is 6.92 Å². The van der Waals surface area contributed by atoms with Gasteiger partial charge in [-0.3, -0.25) is 9.48 Å². The molecule has 0 aromatic carbocycles. The standard InChI is InChI=1S/C15H18N6OS/c1-8(2)10-7-11(20(4)19-10)14(22)21-13(17-18-15(21)16)12-9(3)5-6-23-12/h5-8H,1-4H3,(H2,16,18). The molecule has 8 heteroatoms. The zero-order valence-electron chi connectivity index (χ0n) is 13.4. The summed E-state index contributed by atoms with van der Waals surface area (Å²) in [4.78, 5) is 13.8. The third-order valence-corrected chi connectivity index (χ3v) is 4.68. The van der Waals surface area contributed by atoms with E-state index in [1.165, 1.54) is 15.9 Å². The number of aromatic nitrogens is 5. The number of carbonyl (C=O) groups excluding carboxylic acids is 1. The molecule has 23 heavy (non-hydrogen) atoms. The predicted molar refractivity (Wildman–Crippen MR) is 89.5 cm³/mol. The molecule has 3 aromatic rings. The Bertz CT molecular complexity index is 873. The summed E-state index contributed by atoms with van der Waals surface area (Å²) in [5, 5.41) is 14.3. The number of rotatable bonds is 3. The number of anilines is 1. The molecule has 0 atom stereocenters. The normalized spacial score (nSPS) is 11.3. The Morgan fingerprint density at radius 1 is 1.35 bits per heavy atom. The number of nitrogens with zero attached hydrogens (tertiary/aromatic N) is 5. The van der Waals surface area contributed by atoms with Crippen LogP contribution in [0.5, 0.6) is 0 Å². The van der Waals surface area contributed by atoms with Gasteiger partial charge in [0.2, 0.25) is 5.95 Å². The summed E-state index contributed by atoms with van der Waals surface area (Å²) in [7, 11) is 1.75. The Morgan fingerprint density at radius 2 is 2.09 bits per heavy atom. The van der Waals surface area contributed by atoms with Gasteiger partial charge in [0.1, 0.15) is 5.69 Å². The highest BCUT2D eigenvalue weighted by atomic mass is 32.1. The fraction of sp³-hybridized carbons (Fsp3) is 0.333. The first-order chi connectivity index (χ1) is 10.9. The second-order valence-corrected chi connectivity index (χ2v) is 6.60. The van der Waals surface area contributed by atoms with Crippen LogP contribution in [0.15, 0.2) is 17.5 Å². The highest BCUT2D eigenvalue weighted by Gasteiger charge is 2.24. The maximum absolute atomic E-state index is 13.0. The molecule has 0 amide bonds. The zero-order chi connectivity index (χ0) is 16.7. The lowest BCUT2D eigenvalue weighted by Crippen LogP contribution is -2.19. The molecule has 0 unspecified atom stereocenters. The first-order valence-corrected chi connectivity index (χ1v) is 8.12. The molecule has 0 aliphatic rings. The highest BCUT2D eigenvalue weighted by molar-refractivity contribution is 7.13. The van der Waals surface area contributed by atoms with E-state index in [1.807, 2.05) is 32.2 Å². The largest absolute Gasteiger partial charge is 0.367 e. The number of aryl methyl sites for hydroxylation is 2. The van der Waals surface area contributed by atoms with Gasteiger partial charge in [-0.05, 0) is 35.9 Å². The summed E-state index contributed by atoms with van der Waals surface area (Å²) in [5.74, 6) is 0.495. The molecule has 7 nitrogen and oxygen atoms in total. The van der Waals surface area contributed by atoms with E-state index in [0.717, 1.165) is 16.1 Å². The topological polar surface area (TPSA) is 91.6 Å². The number of hydrogen-bond acceptors (Lipinski definition) is 6. The molecule has 3 heterocycles. The molecule has 0 fully saturated rings. The lowest BCUT2D eigenvalue weighted by atomic mass is 10.1. The maximum atomic E-state index is 13.0. The van der Waals surface area contributed by atoms with E-state index in [0.29, 0.717) is 11.5 Å². The van der Waals surface area contributed by atoms with Gasteiger partial charge in [0, 0.05) is 7.05 Å². The fourth-order valence-corrected chi connectivity index (χ4v) is 3.23. The van der Waals surface area contributed by atoms with Crippen molar-refractivity contribution in [3.8, 4) is 10.7 Å². The molecule has 0 spiro atoms. The summed E-state index contributed by atoms with van der Waals surface area (Å²) < 4.78 is 2.92. The van der Waals surface area contributed by atoms with Gasteiger partial charge in [-0.2, -0.15) is 5.10 Å². The van der Waals surface area contributed by atoms with E-state index in [9.17, 15) is 4.79 Å². The second-order valence-electron chi connectivity index (χ2n) is 5.69. The molecule has 3 rings (SSSR count). The van der Waals surface area contributed by atoms with Gasteiger partial charge in [-0.1, -0.05) is 13.8 Å². The van der Waals surface area contributed by atoms with Crippen molar-refractivity contribution in [1.29, 1.82) is 0 Å². The molecule has 2 N–H and O–H groups in total. The second kappa shape index (κ2) is 5.62. The van der Waals surface area contributed by atoms with Crippen molar-refractivity contribution in [3.63, 3.8) is 0 Å². The van der Waals surface area contributed by atoms with E-state index < -0.39 is 0 Å². The highest BCUT2D eigenvalue weighted by Crippen LogP contribution is 2.29. The van der Waals surface area contributed by atoms with Crippen LogP contribution in [-0.4, -0.2) is 30.5 Å². The SMILES string of the molecule is Cc1ccsc1-c1nnc(N)n1C(=O)c1cc(C(C)C)nn1C. The third kappa shape index (κ3) is 2.55. The Hall–Kier alpha value is -2.48. The van der Waals surface area contributed by atoms with Gasteiger partial charge >= 0.3 is 0 Å². The smallest absolute Gasteiger partial charge is 0.284 e. The van der Waals surface area contributed by atoms with Crippen LogP contribution in [0.3, 0.4) is 0 Å². The van der Waals surface area contributed by atoms with Gasteiger partial charge in [0.15, 0.2) is 5.82 Å². The molecule has 0 bridgehead atoms. The summed E-state index contributed by atoms with van der Waals surface area (Å²) in [5.41, 5.74) is 8.24. The van der Waals surface area contributed by atoms with E-state index in [-0.39, 0.29) is 17.8 Å². The maximum Gasteiger partial charge on any atom is 0.284 e.